The van der Waals surface area contributed by atoms with Crippen molar-refractivity contribution in [2.45, 2.75) is 4.21 Å². The Bertz CT molecular complexity index is 860. The smallest absolute Gasteiger partial charge is 0.271 e. The van der Waals surface area contributed by atoms with E-state index in [0.29, 0.717) is 21.4 Å². The molecule has 2 heterocycles. The third-order valence-corrected chi connectivity index (χ3v) is 5.64. The molecule has 0 atom stereocenters. The molecule has 0 saturated carbocycles. The number of aromatic nitrogens is 4. The molecule has 3 rings (SSSR count). The van der Waals surface area contributed by atoms with Gasteiger partial charge in [0, 0.05) is 11.3 Å². The zero-order valence-electron chi connectivity index (χ0n) is 10.3. The number of thiophene rings is 1. The number of halogens is 1. The third kappa shape index (κ3) is 3.04. The second kappa shape index (κ2) is 5.43. The minimum absolute atomic E-state index is 0.150. The Hall–Kier alpha value is -1.97. The maximum absolute atomic E-state index is 12.2. The maximum atomic E-state index is 12.2. The first-order valence-corrected chi connectivity index (χ1v) is 8.34. The van der Waals surface area contributed by atoms with Crippen molar-refractivity contribution < 1.29 is 8.42 Å². The fourth-order valence-corrected chi connectivity index (χ4v) is 4.19. The molecule has 0 saturated heterocycles. The predicted molar refractivity (Wildman–Crippen MR) is 79.8 cm³/mol. The lowest BCUT2D eigenvalue weighted by Gasteiger charge is -2.06. The Morgan fingerprint density at radius 3 is 2.76 bits per heavy atom. The van der Waals surface area contributed by atoms with Gasteiger partial charge in [-0.15, -0.1) is 21.5 Å². The van der Waals surface area contributed by atoms with Crippen molar-refractivity contribution in [3.05, 3.63) is 40.7 Å². The largest absolute Gasteiger partial charge is 0.279 e. The molecular formula is C11H8ClN5O2S2. The molecule has 7 nitrogen and oxygen atoms in total. The van der Waals surface area contributed by atoms with Crippen molar-refractivity contribution >= 4 is 38.6 Å². The molecule has 0 aliphatic carbocycles. The zero-order valence-corrected chi connectivity index (χ0v) is 12.7. The molecule has 0 amide bonds. The van der Waals surface area contributed by atoms with Gasteiger partial charge in [-0.3, -0.25) is 4.72 Å². The molecule has 2 N–H and O–H groups in total. The lowest BCUT2D eigenvalue weighted by atomic mass is 10.2. The molecule has 1 aromatic carbocycles. The Labute approximate surface area is 129 Å². The number of hydrogen-bond donors (Lipinski definition) is 2. The topological polar surface area (TPSA) is 101 Å². The maximum Gasteiger partial charge on any atom is 0.271 e. The fraction of sp³-hybridized carbons (Fsp3) is 0. The highest BCUT2D eigenvalue weighted by molar-refractivity contribution is 7.94. The van der Waals surface area contributed by atoms with Crippen LogP contribution in [0.3, 0.4) is 0 Å². The lowest BCUT2D eigenvalue weighted by molar-refractivity contribution is 0.603. The number of anilines is 1. The van der Waals surface area contributed by atoms with Crippen molar-refractivity contribution in [3.8, 4) is 11.4 Å². The Morgan fingerprint density at radius 1 is 1.24 bits per heavy atom. The van der Waals surface area contributed by atoms with Gasteiger partial charge in [0.05, 0.1) is 4.34 Å². The summed E-state index contributed by atoms with van der Waals surface area (Å²) < 4.78 is 27.5. The van der Waals surface area contributed by atoms with Crippen LogP contribution in [0.2, 0.25) is 4.34 Å². The van der Waals surface area contributed by atoms with Crippen LogP contribution in [-0.2, 0) is 10.0 Å². The van der Waals surface area contributed by atoms with Gasteiger partial charge < -0.3 is 0 Å². The zero-order chi connectivity index (χ0) is 14.9. The molecule has 10 heteroatoms. The summed E-state index contributed by atoms with van der Waals surface area (Å²) in [5.74, 6) is 0.384. The minimum Gasteiger partial charge on any atom is -0.279 e. The number of H-pyrrole nitrogens is 1. The van der Waals surface area contributed by atoms with Crippen molar-refractivity contribution in [2.24, 2.45) is 0 Å². The fourth-order valence-electron chi connectivity index (χ4n) is 1.65. The number of aromatic amines is 1. The number of nitrogens with one attached hydrogen (secondary N) is 2. The van der Waals surface area contributed by atoms with E-state index in [2.05, 4.69) is 25.3 Å². The van der Waals surface area contributed by atoms with Crippen LogP contribution in [0.5, 0.6) is 0 Å². The summed E-state index contributed by atoms with van der Waals surface area (Å²) in [5, 5.41) is 13.5. The molecule has 0 fully saturated rings. The van der Waals surface area contributed by atoms with Gasteiger partial charge >= 0.3 is 0 Å². The van der Waals surface area contributed by atoms with Gasteiger partial charge in [0.2, 0.25) is 5.82 Å². The number of sulfonamides is 1. The summed E-state index contributed by atoms with van der Waals surface area (Å²) in [5.41, 5.74) is 1.05. The number of nitrogens with zero attached hydrogens (tertiary/aromatic N) is 3. The molecule has 0 unspecified atom stereocenters. The van der Waals surface area contributed by atoms with Crippen molar-refractivity contribution in [1.82, 2.24) is 20.6 Å². The highest BCUT2D eigenvalue weighted by Gasteiger charge is 2.17. The van der Waals surface area contributed by atoms with E-state index in [4.69, 9.17) is 11.6 Å². The summed E-state index contributed by atoms with van der Waals surface area (Å²) in [6, 6.07) is 9.71. The SMILES string of the molecule is O=S(=O)(Nc1cccc(-c2nn[nH]n2)c1)c1ccc(Cl)s1. The number of benzene rings is 1. The first kappa shape index (κ1) is 14.0. The van der Waals surface area contributed by atoms with E-state index < -0.39 is 10.0 Å². The first-order valence-electron chi connectivity index (χ1n) is 5.67. The quantitative estimate of drug-likeness (QED) is 0.758. The number of rotatable bonds is 4. The van der Waals surface area contributed by atoms with E-state index in [-0.39, 0.29) is 4.21 Å². The Morgan fingerprint density at radius 2 is 2.10 bits per heavy atom. The van der Waals surface area contributed by atoms with E-state index in [1.165, 1.54) is 12.1 Å². The van der Waals surface area contributed by atoms with Crippen LogP contribution < -0.4 is 4.72 Å². The van der Waals surface area contributed by atoms with Gasteiger partial charge in [-0.2, -0.15) is 5.21 Å². The van der Waals surface area contributed by atoms with Crippen LogP contribution in [0.25, 0.3) is 11.4 Å². The van der Waals surface area contributed by atoms with Crippen molar-refractivity contribution in [2.75, 3.05) is 4.72 Å². The molecule has 108 valence electrons. The van der Waals surface area contributed by atoms with Crippen LogP contribution in [0.4, 0.5) is 5.69 Å². The van der Waals surface area contributed by atoms with E-state index in [1.54, 1.807) is 24.3 Å². The Kier molecular flexibility index (Phi) is 3.62. The second-order valence-electron chi connectivity index (χ2n) is 3.98. The average Bonchev–Trinajstić information content (AvgIpc) is 3.09. The van der Waals surface area contributed by atoms with Crippen molar-refractivity contribution in [3.63, 3.8) is 0 Å². The van der Waals surface area contributed by atoms with Crippen LogP contribution >= 0.6 is 22.9 Å². The highest BCUT2D eigenvalue weighted by Crippen LogP contribution is 2.28. The molecule has 0 bridgehead atoms. The van der Waals surface area contributed by atoms with Gasteiger partial charge in [0.15, 0.2) is 0 Å². The number of hydrogen-bond acceptors (Lipinski definition) is 6. The average molecular weight is 342 g/mol. The molecular weight excluding hydrogens is 334 g/mol. The standard InChI is InChI=1S/C11H8ClN5O2S2/c12-9-4-5-10(20-9)21(18,19)15-8-3-1-2-7(6-8)11-13-16-17-14-11/h1-6,15H,(H,13,14,16,17). The van der Waals surface area contributed by atoms with Gasteiger partial charge in [0.1, 0.15) is 4.21 Å². The summed E-state index contributed by atoms with van der Waals surface area (Å²) in [6.45, 7) is 0. The molecule has 0 aliphatic heterocycles. The molecule has 3 aromatic rings. The summed E-state index contributed by atoms with van der Waals surface area (Å²) >= 11 is 6.75. The monoisotopic (exact) mass is 341 g/mol. The Balaban J connectivity index is 1.90. The predicted octanol–water partition coefficient (Wildman–Crippen LogP) is 2.38. The summed E-state index contributed by atoms with van der Waals surface area (Å²) in [4.78, 5) is 0. The van der Waals surface area contributed by atoms with E-state index >= 15 is 0 Å². The highest BCUT2D eigenvalue weighted by atomic mass is 35.5. The second-order valence-corrected chi connectivity index (χ2v) is 7.60. The lowest BCUT2D eigenvalue weighted by Crippen LogP contribution is -2.11. The normalized spacial score (nSPS) is 11.5. The van der Waals surface area contributed by atoms with Gasteiger partial charge in [0.25, 0.3) is 10.0 Å². The van der Waals surface area contributed by atoms with Crippen LogP contribution in [-0.4, -0.2) is 29.0 Å². The minimum atomic E-state index is -3.66. The molecule has 0 radical (unpaired) electrons. The van der Waals surface area contributed by atoms with E-state index in [0.717, 1.165) is 11.3 Å². The van der Waals surface area contributed by atoms with Gasteiger partial charge in [-0.05, 0) is 29.5 Å². The molecule has 0 spiro atoms. The number of tetrazole rings is 1. The third-order valence-electron chi connectivity index (χ3n) is 2.53. The van der Waals surface area contributed by atoms with E-state index in [9.17, 15) is 8.42 Å². The van der Waals surface area contributed by atoms with Crippen LogP contribution in [0.15, 0.2) is 40.6 Å². The van der Waals surface area contributed by atoms with E-state index in [1.807, 2.05) is 0 Å². The van der Waals surface area contributed by atoms with Gasteiger partial charge in [-0.1, -0.05) is 23.7 Å². The summed E-state index contributed by atoms with van der Waals surface area (Å²) in [7, 11) is -3.66. The summed E-state index contributed by atoms with van der Waals surface area (Å²) in [6.07, 6.45) is 0. The molecule has 21 heavy (non-hydrogen) atoms. The van der Waals surface area contributed by atoms with Crippen molar-refractivity contribution in [1.29, 1.82) is 0 Å². The first-order chi connectivity index (χ1) is 10.0. The van der Waals surface area contributed by atoms with Crippen LogP contribution in [0.1, 0.15) is 0 Å². The molecule has 2 aromatic heterocycles. The molecule has 0 aliphatic rings. The van der Waals surface area contributed by atoms with Crippen LogP contribution in [0, 0.1) is 0 Å². The van der Waals surface area contributed by atoms with Gasteiger partial charge in [-0.25, -0.2) is 8.42 Å².